The van der Waals surface area contributed by atoms with Gasteiger partial charge in [-0.3, -0.25) is 0 Å². The predicted octanol–water partition coefficient (Wildman–Crippen LogP) is 2.20. The molecule has 0 radical (unpaired) electrons. The van der Waals surface area contributed by atoms with Gasteiger partial charge in [0.25, 0.3) is 0 Å². The van der Waals surface area contributed by atoms with Crippen molar-refractivity contribution in [2.75, 3.05) is 19.6 Å². The smallest absolute Gasteiger partial charge is 0.115 e. The minimum absolute atomic E-state index is 0.386. The number of hydrogen-bond donors (Lipinski definition) is 1. The van der Waals surface area contributed by atoms with Gasteiger partial charge in [0.2, 0.25) is 0 Å². The lowest BCUT2D eigenvalue weighted by atomic mass is 9.91. The van der Waals surface area contributed by atoms with E-state index in [1.807, 2.05) is 12.1 Å². The summed E-state index contributed by atoms with van der Waals surface area (Å²) >= 11 is 0. The molecule has 1 heterocycles. The highest BCUT2D eigenvalue weighted by Gasteiger charge is 2.26. The standard InChI is InChI=1S/C12H17NO/c1-2-6-13-8-11(9-13)10-4-3-5-12(14)7-10/h3-5,7,11,14H,2,6,8-9H2,1H3. The van der Waals surface area contributed by atoms with E-state index in [4.69, 9.17) is 0 Å². The molecular formula is C12H17NO. The minimum Gasteiger partial charge on any atom is -0.508 e. The first-order chi connectivity index (χ1) is 6.79. The maximum absolute atomic E-state index is 9.34. The zero-order valence-corrected chi connectivity index (χ0v) is 8.61. The fraction of sp³-hybridized carbons (Fsp3) is 0.500. The number of rotatable bonds is 3. The van der Waals surface area contributed by atoms with Crippen LogP contribution in [0.5, 0.6) is 5.75 Å². The van der Waals surface area contributed by atoms with Crippen LogP contribution in [-0.2, 0) is 0 Å². The van der Waals surface area contributed by atoms with Crippen molar-refractivity contribution in [2.24, 2.45) is 0 Å². The van der Waals surface area contributed by atoms with E-state index < -0.39 is 0 Å². The molecule has 1 aromatic rings. The molecule has 1 aliphatic heterocycles. The van der Waals surface area contributed by atoms with Gasteiger partial charge in [-0.25, -0.2) is 0 Å². The summed E-state index contributed by atoms with van der Waals surface area (Å²) in [6, 6.07) is 7.64. The largest absolute Gasteiger partial charge is 0.508 e. The second-order valence-corrected chi connectivity index (χ2v) is 4.05. The quantitative estimate of drug-likeness (QED) is 0.791. The monoisotopic (exact) mass is 191 g/mol. The molecule has 1 aromatic carbocycles. The van der Waals surface area contributed by atoms with Gasteiger partial charge in [0.05, 0.1) is 0 Å². The van der Waals surface area contributed by atoms with Crippen molar-refractivity contribution in [3.05, 3.63) is 29.8 Å². The van der Waals surface area contributed by atoms with E-state index in [0.717, 1.165) is 13.1 Å². The van der Waals surface area contributed by atoms with Crippen molar-refractivity contribution in [1.29, 1.82) is 0 Å². The summed E-state index contributed by atoms with van der Waals surface area (Å²) in [6.07, 6.45) is 1.23. The molecule has 1 N–H and O–H groups in total. The number of phenols is 1. The molecular weight excluding hydrogens is 174 g/mol. The Morgan fingerprint density at radius 2 is 2.21 bits per heavy atom. The van der Waals surface area contributed by atoms with Crippen LogP contribution in [-0.4, -0.2) is 29.6 Å². The highest BCUT2D eigenvalue weighted by Crippen LogP contribution is 2.28. The molecule has 76 valence electrons. The summed E-state index contributed by atoms with van der Waals surface area (Å²) in [6.45, 7) is 5.71. The Morgan fingerprint density at radius 3 is 2.86 bits per heavy atom. The number of benzene rings is 1. The Labute approximate surface area is 85.2 Å². The first kappa shape index (κ1) is 9.53. The van der Waals surface area contributed by atoms with Crippen LogP contribution in [0, 0.1) is 0 Å². The maximum atomic E-state index is 9.34. The van der Waals surface area contributed by atoms with Gasteiger partial charge in [-0.05, 0) is 30.7 Å². The van der Waals surface area contributed by atoms with Gasteiger partial charge in [0.15, 0.2) is 0 Å². The third-order valence-corrected chi connectivity index (χ3v) is 2.84. The average Bonchev–Trinajstić information content (AvgIpc) is 2.10. The van der Waals surface area contributed by atoms with E-state index in [2.05, 4.69) is 17.9 Å². The minimum atomic E-state index is 0.386. The molecule has 0 bridgehead atoms. The van der Waals surface area contributed by atoms with E-state index >= 15 is 0 Å². The molecule has 0 amide bonds. The van der Waals surface area contributed by atoms with E-state index in [1.54, 1.807) is 6.07 Å². The van der Waals surface area contributed by atoms with Crippen LogP contribution < -0.4 is 0 Å². The molecule has 2 heteroatoms. The fourth-order valence-electron chi connectivity index (χ4n) is 2.06. The molecule has 1 aliphatic rings. The molecule has 0 spiro atoms. The number of phenolic OH excluding ortho intramolecular Hbond substituents is 1. The van der Waals surface area contributed by atoms with Crippen molar-refractivity contribution < 1.29 is 5.11 Å². The lowest BCUT2D eigenvalue weighted by molar-refractivity contribution is 0.148. The van der Waals surface area contributed by atoms with Crippen molar-refractivity contribution in [3.63, 3.8) is 0 Å². The number of likely N-dealkylation sites (tertiary alicyclic amines) is 1. The Kier molecular flexibility index (Phi) is 2.73. The molecule has 2 rings (SSSR count). The second-order valence-electron chi connectivity index (χ2n) is 4.05. The lowest BCUT2D eigenvalue weighted by Crippen LogP contribution is -2.45. The summed E-state index contributed by atoms with van der Waals surface area (Å²) in [5.74, 6) is 1.02. The van der Waals surface area contributed by atoms with Gasteiger partial charge in [0, 0.05) is 19.0 Å². The Morgan fingerprint density at radius 1 is 1.43 bits per heavy atom. The Bertz CT molecular complexity index is 305. The molecule has 0 aromatic heterocycles. The van der Waals surface area contributed by atoms with Crippen LogP contribution in [0.3, 0.4) is 0 Å². The predicted molar refractivity (Wildman–Crippen MR) is 57.6 cm³/mol. The van der Waals surface area contributed by atoms with Crippen molar-refractivity contribution in [1.82, 2.24) is 4.90 Å². The van der Waals surface area contributed by atoms with Crippen molar-refractivity contribution in [2.45, 2.75) is 19.3 Å². The molecule has 2 nitrogen and oxygen atoms in total. The second kappa shape index (κ2) is 4.01. The molecule has 0 saturated carbocycles. The van der Waals surface area contributed by atoms with Crippen molar-refractivity contribution in [3.8, 4) is 5.75 Å². The van der Waals surface area contributed by atoms with E-state index in [-0.39, 0.29) is 0 Å². The summed E-state index contributed by atoms with van der Waals surface area (Å²) in [5.41, 5.74) is 1.28. The van der Waals surface area contributed by atoms with Gasteiger partial charge in [-0.15, -0.1) is 0 Å². The summed E-state index contributed by atoms with van der Waals surface area (Å²) < 4.78 is 0. The molecule has 0 atom stereocenters. The molecule has 1 fully saturated rings. The van der Waals surface area contributed by atoms with E-state index in [1.165, 1.54) is 18.5 Å². The molecule has 1 saturated heterocycles. The molecule has 0 aliphatic carbocycles. The van der Waals surface area contributed by atoms with Gasteiger partial charge >= 0.3 is 0 Å². The number of hydrogen-bond acceptors (Lipinski definition) is 2. The first-order valence-corrected chi connectivity index (χ1v) is 5.31. The topological polar surface area (TPSA) is 23.5 Å². The van der Waals surface area contributed by atoms with Crippen LogP contribution in [0.25, 0.3) is 0 Å². The fourth-order valence-corrected chi connectivity index (χ4v) is 2.06. The lowest BCUT2D eigenvalue weighted by Gasteiger charge is -2.39. The van der Waals surface area contributed by atoms with Crippen molar-refractivity contribution >= 4 is 0 Å². The zero-order chi connectivity index (χ0) is 9.97. The van der Waals surface area contributed by atoms with Gasteiger partial charge in [0.1, 0.15) is 5.75 Å². The number of nitrogens with zero attached hydrogens (tertiary/aromatic N) is 1. The Balaban J connectivity index is 1.93. The third-order valence-electron chi connectivity index (χ3n) is 2.84. The van der Waals surface area contributed by atoms with Crippen LogP contribution >= 0.6 is 0 Å². The van der Waals surface area contributed by atoms with E-state index in [0.29, 0.717) is 11.7 Å². The van der Waals surface area contributed by atoms with Crippen LogP contribution in [0.15, 0.2) is 24.3 Å². The molecule has 0 unspecified atom stereocenters. The van der Waals surface area contributed by atoms with Crippen LogP contribution in [0.2, 0.25) is 0 Å². The normalized spacial score (nSPS) is 18.1. The average molecular weight is 191 g/mol. The summed E-state index contributed by atoms with van der Waals surface area (Å²) in [4.78, 5) is 2.45. The Hall–Kier alpha value is -1.02. The summed E-state index contributed by atoms with van der Waals surface area (Å²) in [5, 5.41) is 9.34. The third kappa shape index (κ3) is 1.90. The van der Waals surface area contributed by atoms with E-state index in [9.17, 15) is 5.11 Å². The molecule has 14 heavy (non-hydrogen) atoms. The van der Waals surface area contributed by atoms with Gasteiger partial charge in [-0.1, -0.05) is 19.1 Å². The van der Waals surface area contributed by atoms with Gasteiger partial charge in [-0.2, -0.15) is 0 Å². The van der Waals surface area contributed by atoms with Crippen LogP contribution in [0.4, 0.5) is 0 Å². The number of aromatic hydroxyl groups is 1. The first-order valence-electron chi connectivity index (χ1n) is 5.31. The SMILES string of the molecule is CCCN1CC(c2cccc(O)c2)C1. The van der Waals surface area contributed by atoms with Gasteiger partial charge < -0.3 is 10.0 Å². The summed E-state index contributed by atoms with van der Waals surface area (Å²) in [7, 11) is 0. The maximum Gasteiger partial charge on any atom is 0.115 e. The highest BCUT2D eigenvalue weighted by molar-refractivity contribution is 5.31. The highest BCUT2D eigenvalue weighted by atomic mass is 16.3. The van der Waals surface area contributed by atoms with Crippen LogP contribution in [0.1, 0.15) is 24.8 Å². The zero-order valence-electron chi connectivity index (χ0n) is 8.61.